The summed E-state index contributed by atoms with van der Waals surface area (Å²) in [6.45, 7) is 5.48. The van der Waals surface area contributed by atoms with Gasteiger partial charge in [-0.1, -0.05) is 30.7 Å². The molecule has 2 aromatic rings. The number of sulfonamides is 1. The first kappa shape index (κ1) is 19.4. The number of rotatable bonds is 6. The molecular formula is C18H21ClN2O3S. The Labute approximate surface area is 153 Å². The van der Waals surface area contributed by atoms with E-state index in [1.165, 1.54) is 12.1 Å². The number of carbonyl (C=O) groups excluding carboxylic acids is 1. The van der Waals surface area contributed by atoms with E-state index >= 15 is 0 Å². The Hall–Kier alpha value is -1.89. The van der Waals surface area contributed by atoms with E-state index in [2.05, 4.69) is 10.0 Å². The minimum atomic E-state index is -3.67. The van der Waals surface area contributed by atoms with Gasteiger partial charge < -0.3 is 5.32 Å². The Balaban J connectivity index is 2.26. The van der Waals surface area contributed by atoms with E-state index in [1.807, 2.05) is 6.92 Å². The van der Waals surface area contributed by atoms with E-state index in [4.69, 9.17) is 11.6 Å². The third-order valence-corrected chi connectivity index (χ3v) is 5.89. The Kier molecular flexibility index (Phi) is 6.21. The van der Waals surface area contributed by atoms with Crippen LogP contribution in [0.3, 0.4) is 0 Å². The van der Waals surface area contributed by atoms with Gasteiger partial charge in [0.25, 0.3) is 5.91 Å². The van der Waals surface area contributed by atoms with E-state index in [9.17, 15) is 13.2 Å². The number of carbonyl (C=O) groups is 1. The van der Waals surface area contributed by atoms with Gasteiger partial charge in [0.1, 0.15) is 0 Å². The van der Waals surface area contributed by atoms with Gasteiger partial charge in [-0.15, -0.1) is 0 Å². The van der Waals surface area contributed by atoms with E-state index in [-0.39, 0.29) is 16.5 Å². The second-order valence-corrected chi connectivity index (χ2v) is 7.95. The van der Waals surface area contributed by atoms with Crippen LogP contribution in [0.1, 0.15) is 36.2 Å². The third-order valence-electron chi connectivity index (χ3n) is 3.89. The Morgan fingerprint density at radius 3 is 2.56 bits per heavy atom. The first-order chi connectivity index (χ1) is 11.7. The molecular weight excluding hydrogens is 360 g/mol. The molecule has 2 N–H and O–H groups in total. The van der Waals surface area contributed by atoms with Crippen molar-refractivity contribution in [2.75, 3.05) is 5.32 Å². The Bertz CT molecular complexity index is 882. The van der Waals surface area contributed by atoms with Gasteiger partial charge in [0, 0.05) is 22.3 Å². The molecule has 0 aliphatic carbocycles. The first-order valence-corrected chi connectivity index (χ1v) is 9.79. The summed E-state index contributed by atoms with van der Waals surface area (Å²) in [4.78, 5) is 12.5. The minimum Gasteiger partial charge on any atom is -0.322 e. The molecule has 2 aromatic carbocycles. The van der Waals surface area contributed by atoms with Crippen LogP contribution in [0.2, 0.25) is 5.02 Å². The average molecular weight is 381 g/mol. The van der Waals surface area contributed by atoms with E-state index in [1.54, 1.807) is 44.2 Å². The number of nitrogens with one attached hydrogen (secondary N) is 2. The molecule has 0 aromatic heterocycles. The highest BCUT2D eigenvalue weighted by atomic mass is 35.5. The zero-order valence-corrected chi connectivity index (χ0v) is 15.9. The van der Waals surface area contributed by atoms with Crippen molar-refractivity contribution in [2.45, 2.75) is 38.1 Å². The molecule has 5 nitrogen and oxygen atoms in total. The molecule has 0 spiro atoms. The standard InChI is InChI=1S/C18H21ClN2O3S/c1-4-12(2)21-25(23,24)15-8-5-7-14(11-15)18(22)20-17-10-6-9-16(19)13(17)3/h5-12,21H,4H2,1-3H3,(H,20,22). The summed E-state index contributed by atoms with van der Waals surface area (Å²) in [5.74, 6) is -0.397. The smallest absolute Gasteiger partial charge is 0.255 e. The second-order valence-electron chi connectivity index (χ2n) is 5.82. The molecule has 134 valence electrons. The van der Waals surface area contributed by atoms with Gasteiger partial charge >= 0.3 is 0 Å². The monoisotopic (exact) mass is 380 g/mol. The summed E-state index contributed by atoms with van der Waals surface area (Å²) in [6, 6.07) is 11.0. The van der Waals surface area contributed by atoms with Gasteiger partial charge in [-0.2, -0.15) is 0 Å². The van der Waals surface area contributed by atoms with Crippen molar-refractivity contribution in [3.63, 3.8) is 0 Å². The zero-order valence-electron chi connectivity index (χ0n) is 14.3. The van der Waals surface area contributed by atoms with Crippen LogP contribution >= 0.6 is 11.6 Å². The van der Waals surface area contributed by atoms with Gasteiger partial charge in [0.15, 0.2) is 0 Å². The third kappa shape index (κ3) is 4.81. The van der Waals surface area contributed by atoms with Crippen LogP contribution in [0.25, 0.3) is 0 Å². The summed E-state index contributed by atoms with van der Waals surface area (Å²) in [6.07, 6.45) is 0.674. The lowest BCUT2D eigenvalue weighted by Gasteiger charge is -2.13. The molecule has 7 heteroatoms. The summed E-state index contributed by atoms with van der Waals surface area (Å²) >= 11 is 6.05. The Morgan fingerprint density at radius 2 is 1.88 bits per heavy atom. The first-order valence-electron chi connectivity index (χ1n) is 7.93. The fourth-order valence-corrected chi connectivity index (χ4v) is 3.70. The number of amides is 1. The molecule has 1 atom stereocenters. The SMILES string of the molecule is CCC(C)NS(=O)(=O)c1cccc(C(=O)Nc2cccc(Cl)c2C)c1. The lowest BCUT2D eigenvalue weighted by atomic mass is 10.1. The summed E-state index contributed by atoms with van der Waals surface area (Å²) < 4.78 is 27.3. The van der Waals surface area contributed by atoms with Gasteiger partial charge in [-0.3, -0.25) is 4.79 Å². The maximum Gasteiger partial charge on any atom is 0.255 e. The maximum atomic E-state index is 12.5. The van der Waals surface area contributed by atoms with Gasteiger partial charge in [0.2, 0.25) is 10.0 Å². The lowest BCUT2D eigenvalue weighted by Crippen LogP contribution is -2.32. The molecule has 0 bridgehead atoms. The number of hydrogen-bond acceptors (Lipinski definition) is 3. The van der Waals surface area contributed by atoms with Crippen molar-refractivity contribution >= 4 is 33.2 Å². The molecule has 1 amide bonds. The molecule has 0 radical (unpaired) electrons. The van der Waals surface area contributed by atoms with Crippen LogP contribution in [0.4, 0.5) is 5.69 Å². The molecule has 0 saturated heterocycles. The molecule has 2 rings (SSSR count). The minimum absolute atomic E-state index is 0.0586. The quantitative estimate of drug-likeness (QED) is 0.795. The van der Waals surface area contributed by atoms with Gasteiger partial charge in [-0.25, -0.2) is 13.1 Å². The van der Waals surface area contributed by atoms with Crippen LogP contribution in [-0.2, 0) is 10.0 Å². The number of benzene rings is 2. The van der Waals surface area contributed by atoms with Gasteiger partial charge in [0.05, 0.1) is 4.90 Å². The molecule has 25 heavy (non-hydrogen) atoms. The van der Waals surface area contributed by atoms with Gasteiger partial charge in [-0.05, 0) is 56.2 Å². The highest BCUT2D eigenvalue weighted by Gasteiger charge is 2.18. The fourth-order valence-electron chi connectivity index (χ4n) is 2.16. The van der Waals surface area contributed by atoms with Crippen LogP contribution in [0.5, 0.6) is 0 Å². The zero-order chi connectivity index (χ0) is 18.6. The normalized spacial score (nSPS) is 12.6. The molecule has 0 heterocycles. The van der Waals surface area contributed by atoms with Crippen LogP contribution < -0.4 is 10.0 Å². The highest BCUT2D eigenvalue weighted by Crippen LogP contribution is 2.23. The lowest BCUT2D eigenvalue weighted by molar-refractivity contribution is 0.102. The highest BCUT2D eigenvalue weighted by molar-refractivity contribution is 7.89. The van der Waals surface area contributed by atoms with Crippen LogP contribution in [-0.4, -0.2) is 20.4 Å². The fraction of sp³-hybridized carbons (Fsp3) is 0.278. The van der Waals surface area contributed by atoms with Crippen molar-refractivity contribution in [2.24, 2.45) is 0 Å². The molecule has 0 aliphatic rings. The molecule has 0 aliphatic heterocycles. The van der Waals surface area contributed by atoms with Crippen molar-refractivity contribution in [1.82, 2.24) is 4.72 Å². The predicted molar refractivity (Wildman–Crippen MR) is 101 cm³/mol. The molecule has 1 unspecified atom stereocenters. The van der Waals surface area contributed by atoms with E-state index < -0.39 is 15.9 Å². The summed E-state index contributed by atoms with van der Waals surface area (Å²) in [5, 5.41) is 3.31. The topological polar surface area (TPSA) is 75.3 Å². The number of halogens is 1. The molecule has 0 fully saturated rings. The van der Waals surface area contributed by atoms with Crippen molar-refractivity contribution in [3.8, 4) is 0 Å². The average Bonchev–Trinajstić information content (AvgIpc) is 2.58. The van der Waals surface area contributed by atoms with Crippen molar-refractivity contribution in [1.29, 1.82) is 0 Å². The van der Waals surface area contributed by atoms with Crippen LogP contribution in [0.15, 0.2) is 47.4 Å². The van der Waals surface area contributed by atoms with Crippen molar-refractivity contribution < 1.29 is 13.2 Å². The van der Waals surface area contributed by atoms with Crippen LogP contribution in [0, 0.1) is 6.92 Å². The van der Waals surface area contributed by atoms with E-state index in [0.29, 0.717) is 17.1 Å². The van der Waals surface area contributed by atoms with Crippen molar-refractivity contribution in [3.05, 3.63) is 58.6 Å². The Morgan fingerprint density at radius 1 is 1.20 bits per heavy atom. The van der Waals surface area contributed by atoms with E-state index in [0.717, 1.165) is 5.56 Å². The second kappa shape index (κ2) is 7.99. The summed E-state index contributed by atoms with van der Waals surface area (Å²) in [5.41, 5.74) is 1.59. The number of hydrogen-bond donors (Lipinski definition) is 2. The molecule has 0 saturated carbocycles. The largest absolute Gasteiger partial charge is 0.322 e. The maximum absolute atomic E-state index is 12.5. The number of anilines is 1. The predicted octanol–water partition coefficient (Wildman–Crippen LogP) is 3.98. The summed E-state index contributed by atoms with van der Waals surface area (Å²) in [7, 11) is -3.67.